The Hall–Kier alpha value is -0.770. The number of carbonyl (C=O) groups is 1. The van der Waals surface area contributed by atoms with Crippen LogP contribution < -0.4 is 0 Å². The lowest BCUT2D eigenvalue weighted by Crippen LogP contribution is -2.61. The van der Waals surface area contributed by atoms with E-state index < -0.39 is 0 Å². The summed E-state index contributed by atoms with van der Waals surface area (Å²) in [7, 11) is 5.81. The lowest BCUT2D eigenvalue weighted by Gasteiger charge is -2.46. The van der Waals surface area contributed by atoms with Crippen molar-refractivity contribution in [2.24, 2.45) is 0 Å². The smallest absolute Gasteiger partial charge is 0.320 e. The van der Waals surface area contributed by atoms with Crippen molar-refractivity contribution in [1.82, 2.24) is 14.7 Å². The fourth-order valence-corrected chi connectivity index (χ4v) is 2.46. The van der Waals surface area contributed by atoms with Gasteiger partial charge < -0.3 is 14.7 Å². The molecule has 0 bridgehead atoms. The second-order valence-corrected chi connectivity index (χ2v) is 4.93. The van der Waals surface area contributed by atoms with Gasteiger partial charge in [-0.2, -0.15) is 0 Å². The molecule has 2 unspecified atom stereocenters. The number of rotatable bonds is 2. The second kappa shape index (κ2) is 5.53. The van der Waals surface area contributed by atoms with Crippen molar-refractivity contribution in [1.29, 1.82) is 0 Å². The molecule has 1 rings (SSSR count). The van der Waals surface area contributed by atoms with Gasteiger partial charge >= 0.3 is 6.03 Å². The number of hydrogen-bond donors (Lipinski definition) is 0. The Kier molecular flexibility index (Phi) is 4.59. The largest absolute Gasteiger partial charge is 0.331 e. The van der Waals surface area contributed by atoms with Crippen LogP contribution in [0.15, 0.2) is 0 Å². The van der Waals surface area contributed by atoms with Crippen LogP contribution in [0.2, 0.25) is 0 Å². The summed E-state index contributed by atoms with van der Waals surface area (Å²) in [6.07, 6.45) is 2.06. The molecule has 16 heavy (non-hydrogen) atoms. The Morgan fingerprint density at radius 1 is 1.19 bits per heavy atom. The van der Waals surface area contributed by atoms with E-state index in [1.807, 2.05) is 14.1 Å². The lowest BCUT2D eigenvalue weighted by atomic mass is 10.0. The number of nitrogens with zero attached hydrogens (tertiary/aromatic N) is 3. The summed E-state index contributed by atoms with van der Waals surface area (Å²) in [6, 6.07) is 0.879. The van der Waals surface area contributed by atoms with Crippen LogP contribution in [0, 0.1) is 0 Å². The van der Waals surface area contributed by atoms with Crippen LogP contribution in [0.1, 0.15) is 26.7 Å². The van der Waals surface area contributed by atoms with Gasteiger partial charge in [0.25, 0.3) is 0 Å². The quantitative estimate of drug-likeness (QED) is 0.714. The molecule has 2 atom stereocenters. The van der Waals surface area contributed by atoms with Gasteiger partial charge in [-0.25, -0.2) is 4.79 Å². The van der Waals surface area contributed by atoms with Crippen molar-refractivity contribution in [2.75, 3.05) is 34.2 Å². The molecule has 0 aromatic rings. The molecular formula is C12H25N3O. The molecule has 1 aliphatic heterocycles. The first kappa shape index (κ1) is 13.3. The monoisotopic (exact) mass is 227 g/mol. The van der Waals surface area contributed by atoms with Crippen molar-refractivity contribution >= 4 is 6.03 Å². The molecule has 0 saturated carbocycles. The standard InChI is InChI=1S/C12H25N3O/c1-6-10-8-14(5)9-11(7-2)15(10)12(16)13(3)4/h10-11H,6-9H2,1-5H3. The van der Waals surface area contributed by atoms with Crippen molar-refractivity contribution in [3.63, 3.8) is 0 Å². The molecule has 2 amide bonds. The van der Waals surface area contributed by atoms with Gasteiger partial charge in [0.15, 0.2) is 0 Å². The van der Waals surface area contributed by atoms with Gasteiger partial charge in [-0.15, -0.1) is 0 Å². The predicted molar refractivity (Wildman–Crippen MR) is 66.6 cm³/mol. The maximum absolute atomic E-state index is 12.2. The zero-order valence-corrected chi connectivity index (χ0v) is 11.2. The number of hydrogen-bond acceptors (Lipinski definition) is 2. The van der Waals surface area contributed by atoms with E-state index in [4.69, 9.17) is 0 Å². The third-order valence-electron chi connectivity index (χ3n) is 3.38. The van der Waals surface area contributed by atoms with Gasteiger partial charge in [-0.1, -0.05) is 13.8 Å². The van der Waals surface area contributed by atoms with Crippen LogP contribution >= 0.6 is 0 Å². The molecule has 4 nitrogen and oxygen atoms in total. The molecule has 94 valence electrons. The summed E-state index contributed by atoms with van der Waals surface area (Å²) in [4.78, 5) is 18.3. The zero-order valence-electron chi connectivity index (χ0n) is 11.2. The Morgan fingerprint density at radius 2 is 1.62 bits per heavy atom. The maximum Gasteiger partial charge on any atom is 0.320 e. The highest BCUT2D eigenvalue weighted by Crippen LogP contribution is 2.20. The Bertz CT molecular complexity index is 228. The molecule has 1 saturated heterocycles. The maximum atomic E-state index is 12.2. The van der Waals surface area contributed by atoms with E-state index in [-0.39, 0.29) is 6.03 Å². The minimum absolute atomic E-state index is 0.159. The van der Waals surface area contributed by atoms with Crippen molar-refractivity contribution in [3.8, 4) is 0 Å². The third-order valence-corrected chi connectivity index (χ3v) is 3.38. The van der Waals surface area contributed by atoms with Crippen LogP contribution in [0.5, 0.6) is 0 Å². The molecule has 0 N–H and O–H groups in total. The minimum atomic E-state index is 0.159. The van der Waals surface area contributed by atoms with Gasteiger partial charge in [-0.3, -0.25) is 0 Å². The number of carbonyl (C=O) groups excluding carboxylic acids is 1. The summed E-state index contributed by atoms with van der Waals surface area (Å²) >= 11 is 0. The topological polar surface area (TPSA) is 26.8 Å². The average molecular weight is 227 g/mol. The first-order valence-corrected chi connectivity index (χ1v) is 6.19. The molecule has 0 aromatic heterocycles. The highest BCUT2D eigenvalue weighted by atomic mass is 16.2. The summed E-state index contributed by atoms with van der Waals surface area (Å²) < 4.78 is 0. The zero-order chi connectivity index (χ0) is 12.3. The van der Waals surface area contributed by atoms with E-state index in [1.165, 1.54) is 0 Å². The predicted octanol–water partition coefficient (Wildman–Crippen LogP) is 1.47. The van der Waals surface area contributed by atoms with Crippen LogP contribution in [-0.4, -0.2) is 67.0 Å². The lowest BCUT2D eigenvalue weighted by molar-refractivity contribution is 0.0479. The van der Waals surface area contributed by atoms with Crippen LogP contribution in [0.3, 0.4) is 0 Å². The van der Waals surface area contributed by atoms with Crippen molar-refractivity contribution < 1.29 is 4.79 Å². The van der Waals surface area contributed by atoms with E-state index in [0.29, 0.717) is 12.1 Å². The minimum Gasteiger partial charge on any atom is -0.331 e. The van der Waals surface area contributed by atoms with Gasteiger partial charge in [-0.05, 0) is 19.9 Å². The number of piperazine rings is 1. The van der Waals surface area contributed by atoms with E-state index in [9.17, 15) is 4.79 Å². The Morgan fingerprint density at radius 3 is 1.94 bits per heavy atom. The molecular weight excluding hydrogens is 202 g/mol. The van der Waals surface area contributed by atoms with Gasteiger partial charge in [0.05, 0.1) is 0 Å². The Labute approximate surface area is 99.2 Å². The summed E-state index contributed by atoms with van der Waals surface area (Å²) in [5.74, 6) is 0. The normalized spacial score (nSPS) is 26.9. The van der Waals surface area contributed by atoms with Gasteiger partial charge in [0, 0.05) is 39.3 Å². The van der Waals surface area contributed by atoms with E-state index in [2.05, 4.69) is 30.7 Å². The summed E-state index contributed by atoms with van der Waals surface area (Å²) in [6.45, 7) is 6.30. The van der Waals surface area contributed by atoms with E-state index in [0.717, 1.165) is 25.9 Å². The first-order chi connectivity index (χ1) is 7.51. The van der Waals surface area contributed by atoms with Gasteiger partial charge in [0.2, 0.25) is 0 Å². The molecule has 0 aromatic carbocycles. The summed E-state index contributed by atoms with van der Waals surface area (Å²) in [5, 5.41) is 0. The van der Waals surface area contributed by atoms with Crippen LogP contribution in [0.4, 0.5) is 4.79 Å². The molecule has 1 aliphatic rings. The molecule has 1 fully saturated rings. The molecule has 4 heteroatoms. The van der Waals surface area contributed by atoms with Crippen LogP contribution in [-0.2, 0) is 0 Å². The van der Waals surface area contributed by atoms with Crippen LogP contribution in [0.25, 0.3) is 0 Å². The second-order valence-electron chi connectivity index (χ2n) is 4.93. The van der Waals surface area contributed by atoms with Crippen molar-refractivity contribution in [2.45, 2.75) is 38.8 Å². The SMILES string of the molecule is CCC1CN(C)CC(CC)N1C(=O)N(C)C. The average Bonchev–Trinajstić information content (AvgIpc) is 2.26. The third kappa shape index (κ3) is 2.67. The highest BCUT2D eigenvalue weighted by molar-refractivity contribution is 5.74. The number of urea groups is 1. The highest BCUT2D eigenvalue weighted by Gasteiger charge is 2.35. The van der Waals surface area contributed by atoms with E-state index >= 15 is 0 Å². The number of amides is 2. The molecule has 0 radical (unpaired) electrons. The first-order valence-electron chi connectivity index (χ1n) is 6.19. The summed E-state index contributed by atoms with van der Waals surface area (Å²) in [5.41, 5.74) is 0. The fraction of sp³-hybridized carbons (Fsp3) is 0.917. The molecule has 0 aliphatic carbocycles. The number of likely N-dealkylation sites (N-methyl/N-ethyl adjacent to an activating group) is 1. The van der Waals surface area contributed by atoms with Crippen molar-refractivity contribution in [3.05, 3.63) is 0 Å². The Balaban J connectivity index is 2.85. The molecule has 0 spiro atoms. The fourth-order valence-electron chi connectivity index (χ4n) is 2.46. The van der Waals surface area contributed by atoms with E-state index in [1.54, 1.807) is 4.90 Å². The molecule has 1 heterocycles. The van der Waals surface area contributed by atoms with Gasteiger partial charge in [0.1, 0.15) is 0 Å².